The lowest BCUT2D eigenvalue weighted by Crippen LogP contribution is -2.03. The minimum Gasteiger partial charge on any atom is -0.381 e. The summed E-state index contributed by atoms with van der Waals surface area (Å²) >= 11 is 1.70. The van der Waals surface area contributed by atoms with E-state index in [0.29, 0.717) is 11.5 Å². The molecule has 2 heterocycles. The molecule has 1 atom stereocenters. The minimum absolute atomic E-state index is 0.615. The molecule has 1 unspecified atom stereocenters. The number of hydrogen-bond donors (Lipinski definition) is 0. The molecule has 1 aromatic carbocycles. The molecule has 0 amide bonds. The normalized spacial score (nSPS) is 18.4. The van der Waals surface area contributed by atoms with Gasteiger partial charge in [-0.25, -0.2) is 4.98 Å². The highest BCUT2D eigenvalue weighted by atomic mass is 32.1. The Hall–Kier alpha value is -1.70. The van der Waals surface area contributed by atoms with E-state index in [1.54, 1.807) is 11.3 Å². The van der Waals surface area contributed by atoms with Crippen molar-refractivity contribution in [1.82, 2.24) is 4.98 Å². The summed E-state index contributed by atoms with van der Waals surface area (Å²) in [6, 6.07) is 9.76. The van der Waals surface area contributed by atoms with Crippen LogP contribution in [-0.2, 0) is 11.2 Å². The summed E-state index contributed by atoms with van der Waals surface area (Å²) in [7, 11) is 0. The molecule has 4 heteroatoms. The van der Waals surface area contributed by atoms with Gasteiger partial charge >= 0.3 is 0 Å². The van der Waals surface area contributed by atoms with E-state index in [-0.39, 0.29) is 0 Å². The van der Waals surface area contributed by atoms with Gasteiger partial charge < -0.3 is 4.74 Å². The van der Waals surface area contributed by atoms with Gasteiger partial charge in [-0.05, 0) is 24.5 Å². The SMILES string of the molecule is N#Cc1cccc(-c2csc(CC3CCOC3)n2)c1. The molecule has 1 aliphatic heterocycles. The van der Waals surface area contributed by atoms with Gasteiger partial charge in [0.25, 0.3) is 0 Å². The fourth-order valence-corrected chi connectivity index (χ4v) is 3.20. The van der Waals surface area contributed by atoms with E-state index in [2.05, 4.69) is 16.4 Å². The third kappa shape index (κ3) is 2.83. The van der Waals surface area contributed by atoms with Gasteiger partial charge in [0.2, 0.25) is 0 Å². The number of nitriles is 1. The first-order chi connectivity index (χ1) is 9.35. The second-order valence-electron chi connectivity index (χ2n) is 4.75. The van der Waals surface area contributed by atoms with Gasteiger partial charge in [-0.1, -0.05) is 12.1 Å². The van der Waals surface area contributed by atoms with Crippen LogP contribution in [0, 0.1) is 17.2 Å². The first-order valence-corrected chi connectivity index (χ1v) is 7.26. The zero-order chi connectivity index (χ0) is 13.1. The lowest BCUT2D eigenvalue weighted by molar-refractivity contribution is 0.186. The number of aromatic nitrogens is 1. The Morgan fingerprint density at radius 3 is 3.21 bits per heavy atom. The lowest BCUT2D eigenvalue weighted by atomic mass is 10.1. The van der Waals surface area contributed by atoms with E-state index in [0.717, 1.165) is 42.3 Å². The van der Waals surface area contributed by atoms with E-state index in [1.165, 1.54) is 0 Å². The molecule has 2 aromatic rings. The molecule has 1 aromatic heterocycles. The molecule has 1 fully saturated rings. The van der Waals surface area contributed by atoms with E-state index >= 15 is 0 Å². The molecule has 0 aliphatic carbocycles. The summed E-state index contributed by atoms with van der Waals surface area (Å²) in [6.45, 7) is 1.74. The highest BCUT2D eigenvalue weighted by Crippen LogP contribution is 2.26. The van der Waals surface area contributed by atoms with Gasteiger partial charge in [0.1, 0.15) is 0 Å². The molecule has 0 spiro atoms. The van der Waals surface area contributed by atoms with Crippen molar-refractivity contribution in [2.24, 2.45) is 5.92 Å². The van der Waals surface area contributed by atoms with Gasteiger partial charge in [-0.2, -0.15) is 5.26 Å². The molecule has 3 rings (SSSR count). The van der Waals surface area contributed by atoms with Crippen molar-refractivity contribution < 1.29 is 4.74 Å². The molecule has 0 N–H and O–H groups in total. The third-order valence-electron chi connectivity index (χ3n) is 3.33. The van der Waals surface area contributed by atoms with Gasteiger partial charge in [-0.3, -0.25) is 0 Å². The Bertz CT molecular complexity index is 609. The van der Waals surface area contributed by atoms with Crippen LogP contribution in [0.1, 0.15) is 17.0 Å². The fourth-order valence-electron chi connectivity index (χ4n) is 2.28. The standard InChI is InChI=1S/C15H14N2OS/c16-8-11-2-1-3-13(6-11)14-10-19-15(17-14)7-12-4-5-18-9-12/h1-3,6,10,12H,4-5,7,9H2. The number of hydrogen-bond acceptors (Lipinski definition) is 4. The molecule has 1 saturated heterocycles. The zero-order valence-corrected chi connectivity index (χ0v) is 11.3. The van der Waals surface area contributed by atoms with Crippen molar-refractivity contribution in [2.75, 3.05) is 13.2 Å². The average molecular weight is 270 g/mol. The maximum atomic E-state index is 8.92. The first kappa shape index (κ1) is 12.3. The predicted molar refractivity (Wildman–Crippen MR) is 74.9 cm³/mol. The van der Waals surface area contributed by atoms with Gasteiger partial charge in [0, 0.05) is 30.6 Å². The number of nitrogens with zero attached hydrogens (tertiary/aromatic N) is 2. The van der Waals surface area contributed by atoms with Crippen molar-refractivity contribution in [3.8, 4) is 17.3 Å². The number of rotatable bonds is 3. The van der Waals surface area contributed by atoms with Crippen molar-refractivity contribution in [2.45, 2.75) is 12.8 Å². The summed E-state index contributed by atoms with van der Waals surface area (Å²) in [5, 5.41) is 12.2. The summed E-state index contributed by atoms with van der Waals surface area (Å²) in [4.78, 5) is 4.67. The van der Waals surface area contributed by atoms with Crippen LogP contribution in [-0.4, -0.2) is 18.2 Å². The number of benzene rings is 1. The van der Waals surface area contributed by atoms with Crippen LogP contribution in [0.5, 0.6) is 0 Å². The molecule has 19 heavy (non-hydrogen) atoms. The van der Waals surface area contributed by atoms with Crippen LogP contribution in [0.3, 0.4) is 0 Å². The molecule has 0 bridgehead atoms. The smallest absolute Gasteiger partial charge is 0.0991 e. The molecule has 96 valence electrons. The van der Waals surface area contributed by atoms with Crippen molar-refractivity contribution in [3.63, 3.8) is 0 Å². The molecular weight excluding hydrogens is 256 g/mol. The lowest BCUT2D eigenvalue weighted by Gasteiger charge is -2.03. The Balaban J connectivity index is 1.78. The first-order valence-electron chi connectivity index (χ1n) is 6.38. The van der Waals surface area contributed by atoms with E-state index < -0.39 is 0 Å². The van der Waals surface area contributed by atoms with E-state index in [4.69, 9.17) is 10.00 Å². The minimum atomic E-state index is 0.615. The van der Waals surface area contributed by atoms with E-state index in [9.17, 15) is 0 Å². The van der Waals surface area contributed by atoms with Gasteiger partial charge in [-0.15, -0.1) is 11.3 Å². The van der Waals surface area contributed by atoms with Crippen LogP contribution in [0.4, 0.5) is 0 Å². The second-order valence-corrected chi connectivity index (χ2v) is 5.70. The predicted octanol–water partition coefficient (Wildman–Crippen LogP) is 3.26. The topological polar surface area (TPSA) is 45.9 Å². The molecular formula is C15H14N2OS. The van der Waals surface area contributed by atoms with Crippen LogP contribution in [0.2, 0.25) is 0 Å². The van der Waals surface area contributed by atoms with Gasteiger partial charge in [0.05, 0.1) is 22.3 Å². The maximum Gasteiger partial charge on any atom is 0.0991 e. The Kier molecular flexibility index (Phi) is 3.58. The maximum absolute atomic E-state index is 8.92. The monoisotopic (exact) mass is 270 g/mol. The summed E-state index contributed by atoms with van der Waals surface area (Å²) < 4.78 is 5.39. The third-order valence-corrected chi connectivity index (χ3v) is 4.20. The fraction of sp³-hybridized carbons (Fsp3) is 0.333. The highest BCUT2D eigenvalue weighted by molar-refractivity contribution is 7.09. The highest BCUT2D eigenvalue weighted by Gasteiger charge is 2.17. The summed E-state index contributed by atoms with van der Waals surface area (Å²) in [6.07, 6.45) is 2.14. The molecule has 1 aliphatic rings. The van der Waals surface area contributed by atoms with Crippen LogP contribution < -0.4 is 0 Å². The van der Waals surface area contributed by atoms with Crippen molar-refractivity contribution in [1.29, 1.82) is 5.26 Å². The number of thiazole rings is 1. The van der Waals surface area contributed by atoms with Crippen molar-refractivity contribution >= 4 is 11.3 Å². The Labute approximate surface area is 116 Å². The number of ether oxygens (including phenoxy) is 1. The largest absolute Gasteiger partial charge is 0.381 e. The second kappa shape index (κ2) is 5.52. The van der Waals surface area contributed by atoms with E-state index in [1.807, 2.05) is 24.3 Å². The van der Waals surface area contributed by atoms with Crippen molar-refractivity contribution in [3.05, 3.63) is 40.2 Å². The van der Waals surface area contributed by atoms with Crippen LogP contribution in [0.15, 0.2) is 29.6 Å². The Morgan fingerprint density at radius 1 is 1.47 bits per heavy atom. The molecule has 3 nitrogen and oxygen atoms in total. The summed E-state index contributed by atoms with van der Waals surface area (Å²) in [5.74, 6) is 0.615. The average Bonchev–Trinajstić information content (AvgIpc) is 3.11. The summed E-state index contributed by atoms with van der Waals surface area (Å²) in [5.41, 5.74) is 2.66. The van der Waals surface area contributed by atoms with Crippen LogP contribution in [0.25, 0.3) is 11.3 Å². The molecule has 0 radical (unpaired) electrons. The quantitative estimate of drug-likeness (QED) is 0.860. The van der Waals surface area contributed by atoms with Crippen LogP contribution >= 0.6 is 11.3 Å². The molecule has 0 saturated carbocycles. The zero-order valence-electron chi connectivity index (χ0n) is 10.5. The Morgan fingerprint density at radius 2 is 2.42 bits per heavy atom. The van der Waals surface area contributed by atoms with Gasteiger partial charge in [0.15, 0.2) is 0 Å².